The van der Waals surface area contributed by atoms with Gasteiger partial charge in [0.25, 0.3) is 0 Å². The number of benzene rings is 1. The van der Waals surface area contributed by atoms with E-state index in [1.807, 2.05) is 31.0 Å². The lowest BCUT2D eigenvalue weighted by atomic mass is 9.98. The van der Waals surface area contributed by atoms with Gasteiger partial charge in [0.1, 0.15) is 6.04 Å². The highest BCUT2D eigenvalue weighted by Gasteiger charge is 2.32. The Balaban J connectivity index is 2.47. The third-order valence-electron chi connectivity index (χ3n) is 3.57. The summed E-state index contributed by atoms with van der Waals surface area (Å²) >= 11 is 0. The zero-order valence-electron chi connectivity index (χ0n) is 10.7. The molecule has 1 aliphatic heterocycles. The van der Waals surface area contributed by atoms with Gasteiger partial charge >= 0.3 is 0 Å². The Morgan fingerprint density at radius 3 is 2.76 bits per heavy atom. The van der Waals surface area contributed by atoms with Gasteiger partial charge in [-0.3, -0.25) is 4.79 Å². The van der Waals surface area contributed by atoms with E-state index < -0.39 is 0 Å². The van der Waals surface area contributed by atoms with E-state index in [0.29, 0.717) is 0 Å². The lowest BCUT2D eigenvalue weighted by molar-refractivity contribution is -0.134. The summed E-state index contributed by atoms with van der Waals surface area (Å²) in [7, 11) is 1.85. The number of hydrogen-bond acceptors (Lipinski definition) is 2. The minimum atomic E-state index is -0.198. The molecule has 0 bridgehead atoms. The SMILES string of the molecule is CCN1C(=O)C(NC)c2ccccc2CC1C. The van der Waals surface area contributed by atoms with Gasteiger partial charge < -0.3 is 10.2 Å². The molecule has 1 aliphatic rings. The van der Waals surface area contributed by atoms with Crippen LogP contribution in [0.15, 0.2) is 24.3 Å². The lowest BCUT2D eigenvalue weighted by Gasteiger charge is -2.28. The highest BCUT2D eigenvalue weighted by molar-refractivity contribution is 5.84. The molecule has 92 valence electrons. The van der Waals surface area contributed by atoms with Gasteiger partial charge in [0.05, 0.1) is 0 Å². The molecule has 0 saturated carbocycles. The van der Waals surface area contributed by atoms with Crippen molar-refractivity contribution in [2.75, 3.05) is 13.6 Å². The normalized spacial score (nSPS) is 24.4. The smallest absolute Gasteiger partial charge is 0.244 e. The molecule has 1 aromatic rings. The molecule has 17 heavy (non-hydrogen) atoms. The maximum Gasteiger partial charge on any atom is 0.244 e. The maximum absolute atomic E-state index is 12.4. The fourth-order valence-corrected chi connectivity index (χ4v) is 2.69. The number of likely N-dealkylation sites (N-methyl/N-ethyl adjacent to an activating group) is 2. The third kappa shape index (κ3) is 2.07. The van der Waals surface area contributed by atoms with Crippen LogP contribution in [0.5, 0.6) is 0 Å². The minimum Gasteiger partial charge on any atom is -0.338 e. The first-order valence-corrected chi connectivity index (χ1v) is 6.24. The number of nitrogens with one attached hydrogen (secondary N) is 1. The van der Waals surface area contributed by atoms with Crippen LogP contribution >= 0.6 is 0 Å². The number of fused-ring (bicyclic) bond motifs is 1. The van der Waals surface area contributed by atoms with Gasteiger partial charge in [-0.25, -0.2) is 0 Å². The first kappa shape index (κ1) is 12.1. The Morgan fingerprint density at radius 1 is 1.41 bits per heavy atom. The van der Waals surface area contributed by atoms with Gasteiger partial charge in [-0.1, -0.05) is 24.3 Å². The van der Waals surface area contributed by atoms with Crippen LogP contribution in [-0.4, -0.2) is 30.4 Å². The van der Waals surface area contributed by atoms with E-state index in [1.54, 1.807) is 0 Å². The zero-order valence-corrected chi connectivity index (χ0v) is 10.7. The van der Waals surface area contributed by atoms with Crippen LogP contribution in [0.4, 0.5) is 0 Å². The number of carbonyl (C=O) groups is 1. The van der Waals surface area contributed by atoms with Crippen molar-refractivity contribution in [1.82, 2.24) is 10.2 Å². The van der Waals surface area contributed by atoms with Crippen LogP contribution in [0.25, 0.3) is 0 Å². The van der Waals surface area contributed by atoms with E-state index in [9.17, 15) is 4.79 Å². The molecule has 1 aromatic carbocycles. The largest absolute Gasteiger partial charge is 0.338 e. The highest BCUT2D eigenvalue weighted by Crippen LogP contribution is 2.27. The molecular weight excluding hydrogens is 212 g/mol. The topological polar surface area (TPSA) is 32.3 Å². The van der Waals surface area contributed by atoms with Crippen LogP contribution in [0.3, 0.4) is 0 Å². The van der Waals surface area contributed by atoms with Crippen LogP contribution in [0.1, 0.15) is 31.0 Å². The molecule has 3 nitrogen and oxygen atoms in total. The highest BCUT2D eigenvalue weighted by atomic mass is 16.2. The predicted octanol–water partition coefficient (Wildman–Crippen LogP) is 1.74. The van der Waals surface area contributed by atoms with Crippen LogP contribution in [0, 0.1) is 0 Å². The Bertz CT molecular complexity index is 416. The summed E-state index contributed by atoms with van der Waals surface area (Å²) in [6.45, 7) is 4.93. The molecule has 0 saturated heterocycles. The summed E-state index contributed by atoms with van der Waals surface area (Å²) in [5, 5.41) is 3.14. The molecule has 2 unspecified atom stereocenters. The van der Waals surface area contributed by atoms with Gasteiger partial charge in [0.15, 0.2) is 0 Å². The van der Waals surface area contributed by atoms with E-state index in [1.165, 1.54) is 5.56 Å². The van der Waals surface area contributed by atoms with Crippen LogP contribution < -0.4 is 5.32 Å². The third-order valence-corrected chi connectivity index (χ3v) is 3.57. The van der Waals surface area contributed by atoms with Crippen molar-refractivity contribution in [3.63, 3.8) is 0 Å². The first-order chi connectivity index (χ1) is 8.19. The van der Waals surface area contributed by atoms with E-state index in [-0.39, 0.29) is 18.0 Å². The number of rotatable bonds is 2. The molecule has 3 heteroatoms. The summed E-state index contributed by atoms with van der Waals surface area (Å²) in [4.78, 5) is 14.4. The molecule has 0 fully saturated rings. The Kier molecular flexibility index (Phi) is 3.48. The van der Waals surface area contributed by atoms with Gasteiger partial charge in [-0.2, -0.15) is 0 Å². The zero-order chi connectivity index (χ0) is 12.4. The Morgan fingerprint density at radius 2 is 2.12 bits per heavy atom. The molecule has 2 atom stereocenters. The number of nitrogens with zero attached hydrogens (tertiary/aromatic N) is 1. The van der Waals surface area contributed by atoms with Gasteiger partial charge in [-0.15, -0.1) is 0 Å². The summed E-state index contributed by atoms with van der Waals surface area (Å²) < 4.78 is 0. The van der Waals surface area contributed by atoms with Crippen molar-refractivity contribution in [3.8, 4) is 0 Å². The van der Waals surface area contributed by atoms with Gasteiger partial charge in [0.2, 0.25) is 5.91 Å². The van der Waals surface area contributed by atoms with Crippen LogP contribution in [0.2, 0.25) is 0 Å². The Labute approximate surface area is 103 Å². The minimum absolute atomic E-state index is 0.187. The van der Waals surface area contributed by atoms with Crippen molar-refractivity contribution >= 4 is 5.91 Å². The molecule has 0 spiro atoms. The maximum atomic E-state index is 12.4. The molecule has 0 aromatic heterocycles. The van der Waals surface area contributed by atoms with Crippen molar-refractivity contribution in [3.05, 3.63) is 35.4 Å². The second kappa shape index (κ2) is 4.88. The van der Waals surface area contributed by atoms with E-state index >= 15 is 0 Å². The molecule has 1 amide bonds. The summed E-state index contributed by atoms with van der Waals surface area (Å²) in [5.74, 6) is 0.187. The molecule has 1 N–H and O–H groups in total. The summed E-state index contributed by atoms with van der Waals surface area (Å²) in [6.07, 6.45) is 0.938. The molecule has 1 heterocycles. The second-order valence-electron chi connectivity index (χ2n) is 4.60. The standard InChI is InChI=1S/C14H20N2O/c1-4-16-10(2)9-11-7-5-6-8-12(11)13(15-3)14(16)17/h5-8,10,13,15H,4,9H2,1-3H3. The second-order valence-corrected chi connectivity index (χ2v) is 4.60. The van der Waals surface area contributed by atoms with Crippen molar-refractivity contribution in [2.45, 2.75) is 32.4 Å². The average Bonchev–Trinajstić information content (AvgIpc) is 2.42. The lowest BCUT2D eigenvalue weighted by Crippen LogP contribution is -2.43. The summed E-state index contributed by atoms with van der Waals surface area (Å²) in [5.41, 5.74) is 2.41. The predicted molar refractivity (Wildman–Crippen MR) is 68.8 cm³/mol. The fourth-order valence-electron chi connectivity index (χ4n) is 2.69. The molecular formula is C14H20N2O. The Hall–Kier alpha value is -1.35. The monoisotopic (exact) mass is 232 g/mol. The van der Waals surface area contributed by atoms with E-state index in [2.05, 4.69) is 24.4 Å². The molecule has 0 radical (unpaired) electrons. The van der Waals surface area contributed by atoms with E-state index in [4.69, 9.17) is 0 Å². The molecule has 2 rings (SSSR count). The first-order valence-electron chi connectivity index (χ1n) is 6.24. The van der Waals surface area contributed by atoms with Gasteiger partial charge in [-0.05, 0) is 38.4 Å². The number of carbonyl (C=O) groups excluding carboxylic acids is 1. The number of hydrogen-bond donors (Lipinski definition) is 1. The van der Waals surface area contributed by atoms with Gasteiger partial charge in [0, 0.05) is 12.6 Å². The van der Waals surface area contributed by atoms with Crippen molar-refractivity contribution < 1.29 is 4.79 Å². The molecule has 0 aliphatic carbocycles. The summed E-state index contributed by atoms with van der Waals surface area (Å²) in [6, 6.07) is 8.30. The van der Waals surface area contributed by atoms with Crippen LogP contribution in [-0.2, 0) is 11.2 Å². The number of amides is 1. The quantitative estimate of drug-likeness (QED) is 0.842. The van der Waals surface area contributed by atoms with Crippen molar-refractivity contribution in [2.24, 2.45) is 0 Å². The fraction of sp³-hybridized carbons (Fsp3) is 0.500. The van der Waals surface area contributed by atoms with E-state index in [0.717, 1.165) is 18.5 Å². The van der Waals surface area contributed by atoms with Crippen molar-refractivity contribution in [1.29, 1.82) is 0 Å². The average molecular weight is 232 g/mol.